The highest BCUT2D eigenvalue weighted by atomic mass is 16.2. The first kappa shape index (κ1) is 7.58. The van der Waals surface area contributed by atoms with Crippen LogP contribution in [0.3, 0.4) is 0 Å². The summed E-state index contributed by atoms with van der Waals surface area (Å²) in [6.45, 7) is 0. The van der Waals surface area contributed by atoms with Gasteiger partial charge in [-0.15, -0.1) is 0 Å². The summed E-state index contributed by atoms with van der Waals surface area (Å²) in [5.41, 5.74) is 0. The minimum Gasteiger partial charge on any atom is -0.349 e. The van der Waals surface area contributed by atoms with Gasteiger partial charge in [-0.25, -0.2) is 0 Å². The number of nitrogens with zero attached hydrogens (tertiary/aromatic N) is 1. The van der Waals surface area contributed by atoms with Gasteiger partial charge in [-0.05, 0) is 25.7 Å². The number of carbonyl (C=O) groups is 1. The van der Waals surface area contributed by atoms with E-state index in [1.165, 1.54) is 0 Å². The zero-order valence-corrected chi connectivity index (χ0v) is 6.63. The Bertz CT molecular complexity index is 125. The summed E-state index contributed by atoms with van der Waals surface area (Å²) in [7, 11) is 3.64. The van der Waals surface area contributed by atoms with Crippen molar-refractivity contribution >= 4 is 5.91 Å². The van der Waals surface area contributed by atoms with Gasteiger partial charge in [-0.2, -0.15) is 0 Å². The van der Waals surface area contributed by atoms with Gasteiger partial charge in [0.1, 0.15) is 0 Å². The molecule has 1 aliphatic carbocycles. The van der Waals surface area contributed by atoms with Crippen LogP contribution in [-0.4, -0.2) is 24.9 Å². The number of hydrogen-bond acceptors (Lipinski definition) is 1. The molecule has 1 saturated carbocycles. The molecule has 1 aliphatic rings. The summed E-state index contributed by atoms with van der Waals surface area (Å²) in [6, 6.07) is 0. The molecule has 0 spiro atoms. The predicted octanol–water partition coefficient (Wildman–Crippen LogP) is 1.08. The van der Waals surface area contributed by atoms with Crippen molar-refractivity contribution in [3.63, 3.8) is 0 Å². The maximum atomic E-state index is 11.3. The molecule has 1 unspecified atom stereocenters. The average Bonchev–Trinajstić information content (AvgIpc) is 2.36. The summed E-state index contributed by atoms with van der Waals surface area (Å²) in [4.78, 5) is 12.9. The molecule has 0 N–H and O–H groups in total. The van der Waals surface area contributed by atoms with E-state index < -0.39 is 0 Å². The smallest absolute Gasteiger partial charge is 0.225 e. The molecule has 0 heterocycles. The van der Waals surface area contributed by atoms with E-state index in [2.05, 4.69) is 6.42 Å². The molecule has 1 fully saturated rings. The van der Waals surface area contributed by atoms with Crippen LogP contribution in [0.2, 0.25) is 0 Å². The van der Waals surface area contributed by atoms with E-state index in [0.717, 1.165) is 19.3 Å². The minimum atomic E-state index is 0.286. The van der Waals surface area contributed by atoms with Crippen molar-refractivity contribution in [2.45, 2.75) is 19.3 Å². The van der Waals surface area contributed by atoms with Crippen LogP contribution in [0, 0.1) is 12.3 Å². The number of rotatable bonds is 1. The Morgan fingerprint density at radius 2 is 2.30 bits per heavy atom. The standard InChI is InChI=1S/C8H14NO/c1-9(2)8(10)7-5-3-4-6-7/h3,7H,4-6H2,1-2H3. The predicted molar refractivity (Wildman–Crippen MR) is 40.3 cm³/mol. The maximum absolute atomic E-state index is 11.3. The van der Waals surface area contributed by atoms with Crippen molar-refractivity contribution in [1.82, 2.24) is 4.90 Å². The first-order valence-electron chi connectivity index (χ1n) is 3.74. The second kappa shape index (κ2) is 3.04. The second-order valence-corrected chi connectivity index (χ2v) is 3.03. The van der Waals surface area contributed by atoms with Crippen molar-refractivity contribution in [2.75, 3.05) is 14.1 Å². The molecule has 0 bridgehead atoms. The van der Waals surface area contributed by atoms with Gasteiger partial charge >= 0.3 is 0 Å². The molecule has 0 aliphatic heterocycles. The summed E-state index contributed by atoms with van der Waals surface area (Å²) >= 11 is 0. The average molecular weight is 140 g/mol. The quantitative estimate of drug-likeness (QED) is 0.533. The maximum Gasteiger partial charge on any atom is 0.225 e. The number of hydrogen-bond donors (Lipinski definition) is 0. The van der Waals surface area contributed by atoms with Gasteiger partial charge in [-0.1, -0.05) is 0 Å². The summed E-state index contributed by atoms with van der Waals surface area (Å²) < 4.78 is 0. The lowest BCUT2D eigenvalue weighted by Gasteiger charge is -2.14. The van der Waals surface area contributed by atoms with Gasteiger partial charge in [0.2, 0.25) is 5.91 Å². The van der Waals surface area contributed by atoms with Crippen molar-refractivity contribution in [1.29, 1.82) is 0 Å². The van der Waals surface area contributed by atoms with Gasteiger partial charge in [0.25, 0.3) is 0 Å². The lowest BCUT2D eigenvalue weighted by atomic mass is 10.1. The third kappa shape index (κ3) is 1.49. The Labute approximate surface area is 62.2 Å². The highest BCUT2D eigenvalue weighted by Crippen LogP contribution is 2.24. The first-order valence-corrected chi connectivity index (χ1v) is 3.74. The van der Waals surface area contributed by atoms with Crippen LogP contribution in [0.25, 0.3) is 0 Å². The largest absolute Gasteiger partial charge is 0.349 e. The molecular weight excluding hydrogens is 126 g/mol. The fourth-order valence-electron chi connectivity index (χ4n) is 1.35. The Balaban J connectivity index is 2.40. The summed E-state index contributed by atoms with van der Waals surface area (Å²) in [6.07, 6.45) is 5.35. The molecule has 2 nitrogen and oxygen atoms in total. The number of carbonyl (C=O) groups excluding carboxylic acids is 1. The zero-order chi connectivity index (χ0) is 7.56. The van der Waals surface area contributed by atoms with Crippen LogP contribution < -0.4 is 0 Å². The van der Waals surface area contributed by atoms with Crippen LogP contribution in [0.15, 0.2) is 0 Å². The van der Waals surface area contributed by atoms with E-state index in [1.54, 1.807) is 4.90 Å². The topological polar surface area (TPSA) is 20.3 Å². The SMILES string of the molecule is CN(C)C(=O)C1C[CH]CC1. The zero-order valence-electron chi connectivity index (χ0n) is 6.63. The van der Waals surface area contributed by atoms with Crippen molar-refractivity contribution in [2.24, 2.45) is 5.92 Å². The van der Waals surface area contributed by atoms with Gasteiger partial charge < -0.3 is 4.90 Å². The number of amides is 1. The summed E-state index contributed by atoms with van der Waals surface area (Å²) in [5.74, 6) is 0.573. The van der Waals surface area contributed by atoms with E-state index in [4.69, 9.17) is 0 Å². The Morgan fingerprint density at radius 3 is 2.70 bits per heavy atom. The van der Waals surface area contributed by atoms with Gasteiger partial charge in [0.05, 0.1) is 0 Å². The molecule has 1 atom stereocenters. The second-order valence-electron chi connectivity index (χ2n) is 3.03. The van der Waals surface area contributed by atoms with E-state index in [1.807, 2.05) is 14.1 Å². The van der Waals surface area contributed by atoms with Crippen molar-refractivity contribution in [3.05, 3.63) is 6.42 Å². The molecule has 1 amide bonds. The Kier molecular flexibility index (Phi) is 2.30. The van der Waals surface area contributed by atoms with E-state index >= 15 is 0 Å². The normalized spacial score (nSPS) is 19.4. The molecule has 0 aromatic heterocycles. The minimum absolute atomic E-state index is 0.286. The van der Waals surface area contributed by atoms with Crippen molar-refractivity contribution < 1.29 is 4.79 Å². The van der Waals surface area contributed by atoms with Crippen LogP contribution in [0.4, 0.5) is 0 Å². The molecule has 1 rings (SSSR count). The van der Waals surface area contributed by atoms with Crippen LogP contribution in [0.1, 0.15) is 19.3 Å². The van der Waals surface area contributed by atoms with E-state index in [-0.39, 0.29) is 11.8 Å². The lowest BCUT2D eigenvalue weighted by Crippen LogP contribution is -2.27. The third-order valence-electron chi connectivity index (χ3n) is 1.96. The molecular formula is C8H14NO. The molecule has 10 heavy (non-hydrogen) atoms. The molecule has 0 saturated heterocycles. The van der Waals surface area contributed by atoms with Gasteiger partial charge in [0, 0.05) is 20.0 Å². The van der Waals surface area contributed by atoms with E-state index in [0.29, 0.717) is 0 Å². The molecule has 1 radical (unpaired) electrons. The molecule has 57 valence electrons. The van der Waals surface area contributed by atoms with Crippen LogP contribution in [0.5, 0.6) is 0 Å². The third-order valence-corrected chi connectivity index (χ3v) is 1.96. The van der Waals surface area contributed by atoms with Crippen molar-refractivity contribution in [3.8, 4) is 0 Å². The molecule has 2 heteroatoms. The fraction of sp³-hybridized carbons (Fsp3) is 0.750. The summed E-state index contributed by atoms with van der Waals surface area (Å²) in [5, 5.41) is 0. The van der Waals surface area contributed by atoms with Gasteiger partial charge in [-0.3, -0.25) is 4.79 Å². The Hall–Kier alpha value is -0.530. The van der Waals surface area contributed by atoms with Crippen LogP contribution in [-0.2, 0) is 4.79 Å². The Morgan fingerprint density at radius 1 is 1.60 bits per heavy atom. The lowest BCUT2D eigenvalue weighted by molar-refractivity contribution is -0.132. The fourth-order valence-corrected chi connectivity index (χ4v) is 1.35. The first-order chi connectivity index (χ1) is 4.72. The molecule has 0 aromatic carbocycles. The van der Waals surface area contributed by atoms with Gasteiger partial charge in [0.15, 0.2) is 0 Å². The highest BCUT2D eigenvalue weighted by Gasteiger charge is 2.23. The van der Waals surface area contributed by atoms with E-state index in [9.17, 15) is 4.79 Å². The van der Waals surface area contributed by atoms with Crippen LogP contribution >= 0.6 is 0 Å². The molecule has 0 aromatic rings. The highest BCUT2D eigenvalue weighted by molar-refractivity contribution is 5.78. The monoisotopic (exact) mass is 140 g/mol.